The summed E-state index contributed by atoms with van der Waals surface area (Å²) in [6.07, 6.45) is 1.56. The van der Waals surface area contributed by atoms with Gasteiger partial charge in [-0.3, -0.25) is 0 Å². The first-order valence-corrected chi connectivity index (χ1v) is 7.15. The number of hydrogen-bond acceptors (Lipinski definition) is 5. The fourth-order valence-corrected chi connectivity index (χ4v) is 2.33. The summed E-state index contributed by atoms with van der Waals surface area (Å²) < 4.78 is 5.07. The predicted molar refractivity (Wildman–Crippen MR) is 84.7 cm³/mol. The summed E-state index contributed by atoms with van der Waals surface area (Å²) in [7, 11) is 1.53. The van der Waals surface area contributed by atoms with E-state index in [9.17, 15) is 0 Å². The maximum atomic E-state index is 6.22. The van der Waals surface area contributed by atoms with Crippen LogP contribution in [0.4, 0.5) is 5.82 Å². The Morgan fingerprint density at radius 1 is 1.29 bits per heavy atom. The lowest BCUT2D eigenvalue weighted by atomic mass is 10.1. The molecule has 2 rings (SSSR count). The van der Waals surface area contributed by atoms with Crippen LogP contribution in [0.1, 0.15) is 18.1 Å². The molecule has 0 radical (unpaired) electrons. The molecule has 0 spiro atoms. The molecule has 0 unspecified atom stereocenters. The van der Waals surface area contributed by atoms with Gasteiger partial charge < -0.3 is 15.4 Å². The maximum Gasteiger partial charge on any atom is 0.318 e. The molecule has 0 saturated carbocycles. The summed E-state index contributed by atoms with van der Waals surface area (Å²) >= 11 is 6.22. The molecule has 0 aliphatic rings. The van der Waals surface area contributed by atoms with Gasteiger partial charge in [-0.1, -0.05) is 35.9 Å². The average Bonchev–Trinajstić information content (AvgIpc) is 2.53. The lowest BCUT2D eigenvalue weighted by Crippen LogP contribution is -2.24. The van der Waals surface area contributed by atoms with Gasteiger partial charge in [-0.2, -0.15) is 4.98 Å². The van der Waals surface area contributed by atoms with Crippen LogP contribution >= 0.6 is 11.6 Å². The van der Waals surface area contributed by atoms with Crippen molar-refractivity contribution < 1.29 is 4.74 Å². The van der Waals surface area contributed by atoms with Crippen LogP contribution in [0, 0.1) is 0 Å². The van der Waals surface area contributed by atoms with Gasteiger partial charge in [0.1, 0.15) is 5.02 Å². The summed E-state index contributed by atoms with van der Waals surface area (Å²) in [6.45, 7) is 4.01. The Labute approximate surface area is 129 Å². The molecule has 1 aromatic heterocycles. The molecule has 0 bridgehead atoms. The summed E-state index contributed by atoms with van der Waals surface area (Å²) in [4.78, 5) is 10.4. The molecule has 5 nitrogen and oxygen atoms in total. The zero-order valence-corrected chi connectivity index (χ0v) is 13.0. The van der Waals surface area contributed by atoms with Crippen LogP contribution < -0.4 is 15.4 Å². The summed E-state index contributed by atoms with van der Waals surface area (Å²) in [5.41, 5.74) is 8.07. The Morgan fingerprint density at radius 2 is 2.00 bits per heavy atom. The molecule has 6 heteroatoms. The van der Waals surface area contributed by atoms with Crippen molar-refractivity contribution >= 4 is 17.4 Å². The number of benzene rings is 1. The van der Waals surface area contributed by atoms with Gasteiger partial charge in [0.2, 0.25) is 0 Å². The SMILES string of the molecule is CCN(Cc1ccccc1CN)c1nc(OC)ncc1Cl. The number of halogens is 1. The molecule has 21 heavy (non-hydrogen) atoms. The number of rotatable bonds is 6. The minimum atomic E-state index is 0.306. The van der Waals surface area contributed by atoms with E-state index >= 15 is 0 Å². The number of methoxy groups -OCH3 is 1. The van der Waals surface area contributed by atoms with Gasteiger partial charge in [-0.05, 0) is 18.1 Å². The van der Waals surface area contributed by atoms with Crippen molar-refractivity contribution in [2.75, 3.05) is 18.6 Å². The Hall–Kier alpha value is -1.85. The number of ether oxygens (including phenoxy) is 1. The molecule has 0 fully saturated rings. The van der Waals surface area contributed by atoms with Crippen molar-refractivity contribution in [3.63, 3.8) is 0 Å². The molecule has 2 N–H and O–H groups in total. The van der Waals surface area contributed by atoms with Gasteiger partial charge in [-0.15, -0.1) is 0 Å². The molecule has 0 saturated heterocycles. The Kier molecular flexibility index (Phi) is 5.36. The number of nitrogens with two attached hydrogens (primary N) is 1. The van der Waals surface area contributed by atoms with E-state index in [1.54, 1.807) is 6.20 Å². The zero-order valence-electron chi connectivity index (χ0n) is 12.2. The van der Waals surface area contributed by atoms with E-state index in [1.807, 2.05) is 18.2 Å². The first-order chi connectivity index (χ1) is 10.2. The van der Waals surface area contributed by atoms with Crippen molar-refractivity contribution in [3.05, 3.63) is 46.6 Å². The number of hydrogen-bond donors (Lipinski definition) is 1. The van der Waals surface area contributed by atoms with Gasteiger partial charge >= 0.3 is 6.01 Å². The second-order valence-corrected chi connectivity index (χ2v) is 4.92. The summed E-state index contributed by atoms with van der Waals surface area (Å²) in [6, 6.07) is 8.40. The van der Waals surface area contributed by atoms with Crippen LogP contribution in [0.2, 0.25) is 5.02 Å². The van der Waals surface area contributed by atoms with E-state index in [-0.39, 0.29) is 0 Å². The summed E-state index contributed by atoms with van der Waals surface area (Å²) in [5, 5.41) is 0.503. The Bertz CT molecular complexity index is 606. The maximum absolute atomic E-state index is 6.22. The van der Waals surface area contributed by atoms with E-state index in [1.165, 1.54) is 7.11 Å². The van der Waals surface area contributed by atoms with Gasteiger partial charge in [0.05, 0.1) is 13.3 Å². The number of aromatic nitrogens is 2. The molecule has 112 valence electrons. The first-order valence-electron chi connectivity index (χ1n) is 6.77. The lowest BCUT2D eigenvalue weighted by molar-refractivity contribution is 0.379. The van der Waals surface area contributed by atoms with Crippen LogP contribution in [0.25, 0.3) is 0 Å². The average molecular weight is 307 g/mol. The first kappa shape index (κ1) is 15.5. The van der Waals surface area contributed by atoms with Crippen LogP contribution in [0.3, 0.4) is 0 Å². The van der Waals surface area contributed by atoms with Crippen LogP contribution in [-0.2, 0) is 13.1 Å². The molecule has 0 atom stereocenters. The Morgan fingerprint density at radius 3 is 2.62 bits per heavy atom. The molecule has 1 aromatic carbocycles. The van der Waals surface area contributed by atoms with E-state index in [4.69, 9.17) is 22.1 Å². The third-order valence-electron chi connectivity index (χ3n) is 3.27. The van der Waals surface area contributed by atoms with Gasteiger partial charge in [0.25, 0.3) is 0 Å². The van der Waals surface area contributed by atoms with Gasteiger partial charge in [0, 0.05) is 19.6 Å². The normalized spacial score (nSPS) is 10.5. The van der Waals surface area contributed by atoms with Crippen molar-refractivity contribution in [3.8, 4) is 6.01 Å². The number of nitrogens with zero attached hydrogens (tertiary/aromatic N) is 3. The van der Waals surface area contributed by atoms with Crippen molar-refractivity contribution in [1.82, 2.24) is 9.97 Å². The molecule has 0 amide bonds. The van der Waals surface area contributed by atoms with E-state index in [0.29, 0.717) is 29.9 Å². The number of anilines is 1. The molecule has 0 aliphatic heterocycles. The minimum Gasteiger partial charge on any atom is -0.467 e. The molecular weight excluding hydrogens is 288 g/mol. The minimum absolute atomic E-state index is 0.306. The van der Waals surface area contributed by atoms with Crippen molar-refractivity contribution in [2.24, 2.45) is 5.73 Å². The quantitative estimate of drug-likeness (QED) is 0.889. The fourth-order valence-electron chi connectivity index (χ4n) is 2.12. The monoisotopic (exact) mass is 306 g/mol. The standard InChI is InChI=1S/C15H19ClN4O/c1-3-20(10-12-7-5-4-6-11(12)8-17)14-13(16)9-18-15(19-14)21-2/h4-7,9H,3,8,10,17H2,1-2H3. The highest BCUT2D eigenvalue weighted by Crippen LogP contribution is 2.26. The van der Waals surface area contributed by atoms with Crippen LogP contribution in [0.5, 0.6) is 6.01 Å². The molecular formula is C15H19ClN4O. The van der Waals surface area contributed by atoms with Crippen molar-refractivity contribution in [2.45, 2.75) is 20.0 Å². The van der Waals surface area contributed by atoms with Crippen molar-refractivity contribution in [1.29, 1.82) is 0 Å². The molecule has 1 heterocycles. The lowest BCUT2D eigenvalue weighted by Gasteiger charge is -2.24. The Balaban J connectivity index is 2.32. The van der Waals surface area contributed by atoms with Crippen LogP contribution in [-0.4, -0.2) is 23.6 Å². The smallest absolute Gasteiger partial charge is 0.318 e. The second-order valence-electron chi connectivity index (χ2n) is 4.52. The highest BCUT2D eigenvalue weighted by atomic mass is 35.5. The predicted octanol–water partition coefficient (Wildman–Crippen LogP) is 2.62. The van der Waals surface area contributed by atoms with Crippen LogP contribution in [0.15, 0.2) is 30.5 Å². The van der Waals surface area contributed by atoms with E-state index in [2.05, 4.69) is 27.9 Å². The second kappa shape index (κ2) is 7.24. The molecule has 2 aromatic rings. The van der Waals surface area contributed by atoms with Gasteiger partial charge in [0.15, 0.2) is 5.82 Å². The third-order valence-corrected chi connectivity index (χ3v) is 3.53. The van der Waals surface area contributed by atoms with E-state index in [0.717, 1.165) is 17.7 Å². The van der Waals surface area contributed by atoms with E-state index < -0.39 is 0 Å². The molecule has 0 aliphatic carbocycles. The summed E-state index contributed by atoms with van der Waals surface area (Å²) in [5.74, 6) is 0.665. The highest BCUT2D eigenvalue weighted by Gasteiger charge is 2.14. The third kappa shape index (κ3) is 3.62. The zero-order chi connectivity index (χ0) is 15.2. The fraction of sp³-hybridized carbons (Fsp3) is 0.333. The van der Waals surface area contributed by atoms with Gasteiger partial charge in [-0.25, -0.2) is 4.98 Å². The largest absolute Gasteiger partial charge is 0.467 e. The highest BCUT2D eigenvalue weighted by molar-refractivity contribution is 6.32. The topological polar surface area (TPSA) is 64.3 Å².